The van der Waals surface area contributed by atoms with E-state index in [1.165, 1.54) is 32.9 Å². The zero-order valence-electron chi connectivity index (χ0n) is 15.5. The van der Waals surface area contributed by atoms with E-state index in [9.17, 15) is 16.8 Å². The van der Waals surface area contributed by atoms with Gasteiger partial charge in [-0.1, -0.05) is 18.2 Å². The van der Waals surface area contributed by atoms with Crippen LogP contribution in [0.3, 0.4) is 0 Å². The van der Waals surface area contributed by atoms with Gasteiger partial charge in [0.15, 0.2) is 0 Å². The van der Waals surface area contributed by atoms with Crippen LogP contribution in [0, 0.1) is 0 Å². The molecule has 9 heteroatoms. The second-order valence-corrected chi connectivity index (χ2v) is 10.7. The highest BCUT2D eigenvalue weighted by molar-refractivity contribution is 7.93. The van der Waals surface area contributed by atoms with Crippen LogP contribution in [0.2, 0.25) is 0 Å². The van der Waals surface area contributed by atoms with Crippen molar-refractivity contribution in [2.45, 2.75) is 29.2 Å². The van der Waals surface area contributed by atoms with Gasteiger partial charge in [0, 0.05) is 19.1 Å². The predicted molar refractivity (Wildman–Crippen MR) is 105 cm³/mol. The molecule has 150 valence electrons. The molecule has 2 aliphatic heterocycles. The van der Waals surface area contributed by atoms with E-state index in [1.807, 2.05) is 25.1 Å². The molecule has 0 radical (unpaired) electrons. The normalized spacial score (nSPS) is 20.9. The summed E-state index contributed by atoms with van der Waals surface area (Å²) >= 11 is 0. The topological polar surface area (TPSA) is 84.0 Å². The lowest BCUT2D eigenvalue weighted by Gasteiger charge is -2.26. The Bertz CT molecular complexity index is 1080. The van der Waals surface area contributed by atoms with Crippen LogP contribution in [0.1, 0.15) is 12.5 Å². The maximum atomic E-state index is 13.2. The number of fused-ring (bicyclic) bond motifs is 1. The molecule has 0 amide bonds. The van der Waals surface area contributed by atoms with Crippen LogP contribution in [0.4, 0.5) is 5.69 Å². The minimum absolute atomic E-state index is 0.0805. The zero-order valence-corrected chi connectivity index (χ0v) is 17.1. The van der Waals surface area contributed by atoms with E-state index < -0.39 is 20.0 Å². The molecule has 0 N–H and O–H groups in total. The molecule has 7 nitrogen and oxygen atoms in total. The number of ether oxygens (including phenoxy) is 1. The summed E-state index contributed by atoms with van der Waals surface area (Å²) in [7, 11) is -7.44. The molecule has 0 spiro atoms. The Balaban J connectivity index is 1.65. The first-order chi connectivity index (χ1) is 13.3. The van der Waals surface area contributed by atoms with Gasteiger partial charge in [-0.05, 0) is 49.2 Å². The van der Waals surface area contributed by atoms with Crippen molar-refractivity contribution < 1.29 is 21.6 Å². The van der Waals surface area contributed by atoms with Gasteiger partial charge < -0.3 is 4.74 Å². The van der Waals surface area contributed by atoms with Crippen molar-refractivity contribution in [2.75, 3.05) is 30.6 Å². The fourth-order valence-electron chi connectivity index (χ4n) is 3.74. The summed E-state index contributed by atoms with van der Waals surface area (Å²) in [6.07, 6.45) is 0.652. The van der Waals surface area contributed by atoms with Gasteiger partial charge in [-0.15, -0.1) is 0 Å². The molecular formula is C19H22N2O5S2. The van der Waals surface area contributed by atoms with Crippen molar-refractivity contribution >= 4 is 25.7 Å². The number of anilines is 1. The number of hydrogen-bond donors (Lipinski definition) is 0. The third kappa shape index (κ3) is 3.22. The van der Waals surface area contributed by atoms with Gasteiger partial charge in [-0.25, -0.2) is 16.8 Å². The maximum Gasteiger partial charge on any atom is 0.264 e. The lowest BCUT2D eigenvalue weighted by atomic mass is 10.1. The van der Waals surface area contributed by atoms with Crippen LogP contribution >= 0.6 is 0 Å². The second kappa shape index (κ2) is 7.14. The summed E-state index contributed by atoms with van der Waals surface area (Å²) < 4.78 is 59.9. The largest absolute Gasteiger partial charge is 0.379 e. The van der Waals surface area contributed by atoms with Crippen molar-refractivity contribution in [1.82, 2.24) is 4.31 Å². The van der Waals surface area contributed by atoms with Gasteiger partial charge >= 0.3 is 0 Å². The highest BCUT2D eigenvalue weighted by atomic mass is 32.2. The van der Waals surface area contributed by atoms with Crippen molar-refractivity contribution in [3.05, 3.63) is 54.1 Å². The quantitative estimate of drug-likeness (QED) is 0.751. The van der Waals surface area contributed by atoms with Crippen molar-refractivity contribution in [2.24, 2.45) is 0 Å². The van der Waals surface area contributed by atoms with E-state index in [0.717, 1.165) is 5.56 Å². The van der Waals surface area contributed by atoms with Crippen LogP contribution in [0.5, 0.6) is 0 Å². The van der Waals surface area contributed by atoms with Crippen LogP contribution < -0.4 is 4.31 Å². The van der Waals surface area contributed by atoms with Gasteiger partial charge in [-0.2, -0.15) is 4.31 Å². The minimum Gasteiger partial charge on any atom is -0.379 e. The highest BCUT2D eigenvalue weighted by Crippen LogP contribution is 2.36. The van der Waals surface area contributed by atoms with Gasteiger partial charge in [0.2, 0.25) is 10.0 Å². The molecule has 2 aromatic carbocycles. The molecular weight excluding hydrogens is 400 g/mol. The average Bonchev–Trinajstić information content (AvgIpc) is 3.05. The Kier molecular flexibility index (Phi) is 4.95. The summed E-state index contributed by atoms with van der Waals surface area (Å²) in [5.74, 6) is 0. The zero-order chi connectivity index (χ0) is 19.9. The van der Waals surface area contributed by atoms with E-state index in [1.54, 1.807) is 6.07 Å². The fourth-order valence-corrected chi connectivity index (χ4v) is 6.84. The Morgan fingerprint density at radius 3 is 2.07 bits per heavy atom. The van der Waals surface area contributed by atoms with E-state index in [2.05, 4.69) is 0 Å². The standard InChI is InChI=1S/C19H22N2O5S2/c1-15-14-16-4-2-3-5-19(16)21(15)28(24,25)18-8-6-17(7-9-18)27(22,23)20-10-12-26-13-11-20/h2-9,15H,10-14H2,1H3. The van der Waals surface area contributed by atoms with E-state index in [-0.39, 0.29) is 15.8 Å². The third-order valence-corrected chi connectivity index (χ3v) is 8.99. The number of para-hydroxylation sites is 1. The molecule has 1 unspecified atom stereocenters. The fraction of sp³-hybridized carbons (Fsp3) is 0.368. The van der Waals surface area contributed by atoms with E-state index in [4.69, 9.17) is 4.74 Å². The first kappa shape index (κ1) is 19.4. The molecule has 2 aromatic rings. The van der Waals surface area contributed by atoms with E-state index in [0.29, 0.717) is 38.4 Å². The van der Waals surface area contributed by atoms with Crippen molar-refractivity contribution in [3.8, 4) is 0 Å². The molecule has 28 heavy (non-hydrogen) atoms. The number of rotatable bonds is 4. The average molecular weight is 423 g/mol. The molecule has 0 aliphatic carbocycles. The number of hydrogen-bond acceptors (Lipinski definition) is 5. The number of sulfonamides is 2. The minimum atomic E-state index is -3.78. The molecule has 1 atom stereocenters. The summed E-state index contributed by atoms with van der Waals surface area (Å²) in [4.78, 5) is 0.167. The molecule has 1 saturated heterocycles. The summed E-state index contributed by atoms with van der Waals surface area (Å²) in [5.41, 5.74) is 1.67. The Hall–Kier alpha value is -1.94. The van der Waals surface area contributed by atoms with Gasteiger partial charge in [0.25, 0.3) is 10.0 Å². The van der Waals surface area contributed by atoms with Crippen LogP contribution in [0.15, 0.2) is 58.3 Å². The summed E-state index contributed by atoms with van der Waals surface area (Å²) in [6.45, 7) is 3.18. The smallest absolute Gasteiger partial charge is 0.264 e. The molecule has 1 fully saturated rings. The summed E-state index contributed by atoms with van der Waals surface area (Å²) in [5, 5.41) is 0. The monoisotopic (exact) mass is 422 g/mol. The molecule has 0 aromatic heterocycles. The SMILES string of the molecule is CC1Cc2ccccc2N1S(=O)(=O)c1ccc(S(=O)(=O)N2CCOCC2)cc1. The Morgan fingerprint density at radius 1 is 0.857 bits per heavy atom. The Morgan fingerprint density at radius 2 is 1.43 bits per heavy atom. The maximum absolute atomic E-state index is 13.2. The molecule has 0 bridgehead atoms. The molecule has 2 aliphatic rings. The van der Waals surface area contributed by atoms with Crippen LogP contribution in [0.25, 0.3) is 0 Å². The first-order valence-corrected chi connectivity index (χ1v) is 12.0. The Labute approximate surface area is 165 Å². The van der Waals surface area contributed by atoms with Crippen molar-refractivity contribution in [1.29, 1.82) is 0 Å². The number of benzene rings is 2. The number of morpholine rings is 1. The van der Waals surface area contributed by atoms with E-state index >= 15 is 0 Å². The van der Waals surface area contributed by atoms with Crippen LogP contribution in [-0.2, 0) is 31.2 Å². The molecule has 2 heterocycles. The van der Waals surface area contributed by atoms with Crippen LogP contribution in [-0.4, -0.2) is 53.5 Å². The summed E-state index contributed by atoms with van der Waals surface area (Å²) in [6, 6.07) is 12.7. The van der Waals surface area contributed by atoms with Crippen molar-refractivity contribution in [3.63, 3.8) is 0 Å². The first-order valence-electron chi connectivity index (χ1n) is 9.12. The predicted octanol–water partition coefficient (Wildman–Crippen LogP) is 1.85. The number of nitrogens with zero attached hydrogens (tertiary/aromatic N) is 2. The highest BCUT2D eigenvalue weighted by Gasteiger charge is 2.36. The van der Waals surface area contributed by atoms with Gasteiger partial charge in [0.1, 0.15) is 0 Å². The lowest BCUT2D eigenvalue weighted by Crippen LogP contribution is -2.40. The van der Waals surface area contributed by atoms with Gasteiger partial charge in [0.05, 0.1) is 28.7 Å². The second-order valence-electron chi connectivity index (χ2n) is 6.97. The molecule has 4 rings (SSSR count). The molecule has 0 saturated carbocycles. The third-order valence-electron chi connectivity index (χ3n) is 5.13. The van der Waals surface area contributed by atoms with Gasteiger partial charge in [-0.3, -0.25) is 4.31 Å². The lowest BCUT2D eigenvalue weighted by molar-refractivity contribution is 0.0730.